The van der Waals surface area contributed by atoms with Gasteiger partial charge in [-0.25, -0.2) is 0 Å². The maximum absolute atomic E-state index is 12.2. The van der Waals surface area contributed by atoms with E-state index in [2.05, 4.69) is 16.0 Å². The fourth-order valence-electron chi connectivity index (χ4n) is 3.38. The first-order chi connectivity index (χ1) is 11.1. The fraction of sp³-hybridized carbons (Fsp3) is 0.529. The molecular formula is C17H23Cl2N3O2. The lowest BCUT2D eigenvalue weighted by atomic mass is 9.92. The Hall–Kier alpha value is -1.30. The van der Waals surface area contributed by atoms with Crippen molar-refractivity contribution >= 4 is 35.8 Å². The third kappa shape index (κ3) is 4.41. The van der Waals surface area contributed by atoms with Crippen LogP contribution in [0.2, 0.25) is 5.02 Å². The number of nitrogens with one attached hydrogen (secondary N) is 3. The molecular weight excluding hydrogens is 349 g/mol. The van der Waals surface area contributed by atoms with E-state index in [-0.39, 0.29) is 35.6 Å². The van der Waals surface area contributed by atoms with Gasteiger partial charge in [0.15, 0.2) is 0 Å². The van der Waals surface area contributed by atoms with Gasteiger partial charge in [-0.05, 0) is 62.0 Å². The SMILES string of the molecule is Cl.O=C(NCCNC(=O)C1CC12CCNCC2)c1ccc(Cl)cc1. The second-order valence-electron chi connectivity index (χ2n) is 6.42. The average molecular weight is 372 g/mol. The fourth-order valence-corrected chi connectivity index (χ4v) is 3.51. The van der Waals surface area contributed by atoms with Gasteiger partial charge in [-0.2, -0.15) is 0 Å². The molecule has 2 fully saturated rings. The van der Waals surface area contributed by atoms with Crippen molar-refractivity contribution in [3.05, 3.63) is 34.9 Å². The Kier molecular flexibility index (Phi) is 6.49. The third-order valence-corrected chi connectivity index (χ3v) is 5.17. The number of carbonyl (C=O) groups is 2. The van der Waals surface area contributed by atoms with E-state index in [0.29, 0.717) is 23.7 Å². The van der Waals surface area contributed by atoms with E-state index in [1.54, 1.807) is 24.3 Å². The van der Waals surface area contributed by atoms with Crippen LogP contribution in [0.5, 0.6) is 0 Å². The molecule has 1 spiro atoms. The van der Waals surface area contributed by atoms with Crippen molar-refractivity contribution in [3.63, 3.8) is 0 Å². The molecule has 1 saturated carbocycles. The summed E-state index contributed by atoms with van der Waals surface area (Å²) in [4.78, 5) is 24.1. The topological polar surface area (TPSA) is 70.2 Å². The van der Waals surface area contributed by atoms with Crippen molar-refractivity contribution in [3.8, 4) is 0 Å². The van der Waals surface area contributed by atoms with E-state index in [4.69, 9.17) is 11.6 Å². The summed E-state index contributed by atoms with van der Waals surface area (Å²) in [6, 6.07) is 6.73. The molecule has 3 rings (SSSR count). The zero-order valence-corrected chi connectivity index (χ0v) is 15.0. The molecule has 1 aliphatic heterocycles. The highest BCUT2D eigenvalue weighted by molar-refractivity contribution is 6.30. The quantitative estimate of drug-likeness (QED) is 0.693. The van der Waals surface area contributed by atoms with Crippen molar-refractivity contribution in [2.45, 2.75) is 19.3 Å². The number of hydrogen-bond acceptors (Lipinski definition) is 3. The van der Waals surface area contributed by atoms with Crippen molar-refractivity contribution < 1.29 is 9.59 Å². The molecule has 1 aromatic rings. The Morgan fingerprint density at radius 2 is 1.75 bits per heavy atom. The molecule has 3 N–H and O–H groups in total. The zero-order chi connectivity index (χ0) is 16.3. The molecule has 1 aliphatic carbocycles. The first kappa shape index (κ1) is 19.0. The Morgan fingerprint density at radius 3 is 2.42 bits per heavy atom. The molecule has 132 valence electrons. The number of rotatable bonds is 5. The molecule has 24 heavy (non-hydrogen) atoms. The van der Waals surface area contributed by atoms with E-state index in [1.807, 2.05) is 0 Å². The lowest BCUT2D eigenvalue weighted by molar-refractivity contribution is -0.123. The predicted octanol–water partition coefficient (Wildman–Crippen LogP) is 2.00. The van der Waals surface area contributed by atoms with Crippen molar-refractivity contribution in [2.24, 2.45) is 11.3 Å². The van der Waals surface area contributed by atoms with Crippen molar-refractivity contribution in [2.75, 3.05) is 26.2 Å². The molecule has 0 aromatic heterocycles. The average Bonchev–Trinajstić information content (AvgIpc) is 3.25. The van der Waals surface area contributed by atoms with Crippen LogP contribution in [0.15, 0.2) is 24.3 Å². The third-order valence-electron chi connectivity index (χ3n) is 4.92. The smallest absolute Gasteiger partial charge is 0.251 e. The Labute approximate surface area is 153 Å². The number of piperidine rings is 1. The van der Waals surface area contributed by atoms with Gasteiger partial charge in [0.2, 0.25) is 5.91 Å². The molecule has 5 nitrogen and oxygen atoms in total. The summed E-state index contributed by atoms with van der Waals surface area (Å²) in [7, 11) is 0. The monoisotopic (exact) mass is 371 g/mol. The van der Waals surface area contributed by atoms with Crippen LogP contribution in [0, 0.1) is 11.3 Å². The van der Waals surface area contributed by atoms with Gasteiger partial charge in [-0.1, -0.05) is 11.6 Å². The van der Waals surface area contributed by atoms with Crippen LogP contribution in [0.3, 0.4) is 0 Å². The van der Waals surface area contributed by atoms with Gasteiger partial charge in [-0.15, -0.1) is 12.4 Å². The van der Waals surface area contributed by atoms with Crippen molar-refractivity contribution in [1.29, 1.82) is 0 Å². The summed E-state index contributed by atoms with van der Waals surface area (Å²) < 4.78 is 0. The van der Waals surface area contributed by atoms with Gasteiger partial charge in [0.05, 0.1) is 0 Å². The van der Waals surface area contributed by atoms with Crippen molar-refractivity contribution in [1.82, 2.24) is 16.0 Å². The highest BCUT2D eigenvalue weighted by atomic mass is 35.5. The summed E-state index contributed by atoms with van der Waals surface area (Å²) in [5, 5.41) is 9.67. The largest absolute Gasteiger partial charge is 0.354 e. The van der Waals surface area contributed by atoms with Gasteiger partial charge < -0.3 is 16.0 Å². The van der Waals surface area contributed by atoms with Crippen LogP contribution in [0.4, 0.5) is 0 Å². The van der Waals surface area contributed by atoms with E-state index in [0.717, 1.165) is 32.4 Å². The summed E-state index contributed by atoms with van der Waals surface area (Å²) in [5.74, 6) is 0.140. The molecule has 1 unspecified atom stereocenters. The van der Waals surface area contributed by atoms with Gasteiger partial charge in [0.25, 0.3) is 5.91 Å². The second-order valence-corrected chi connectivity index (χ2v) is 6.86. The van der Waals surface area contributed by atoms with Crippen LogP contribution < -0.4 is 16.0 Å². The second kappa shape index (κ2) is 8.19. The summed E-state index contributed by atoms with van der Waals surface area (Å²) in [6.45, 7) is 2.92. The zero-order valence-electron chi connectivity index (χ0n) is 13.4. The minimum absolute atomic E-state index is 0. The predicted molar refractivity (Wildman–Crippen MR) is 96.7 cm³/mol. The van der Waals surface area contributed by atoms with Crippen LogP contribution >= 0.6 is 24.0 Å². The van der Waals surface area contributed by atoms with E-state index < -0.39 is 0 Å². The number of amides is 2. The summed E-state index contributed by atoms with van der Waals surface area (Å²) in [5.41, 5.74) is 0.818. The number of hydrogen-bond donors (Lipinski definition) is 3. The number of carbonyl (C=O) groups excluding carboxylic acids is 2. The molecule has 1 heterocycles. The molecule has 0 bridgehead atoms. The van der Waals surface area contributed by atoms with E-state index in [9.17, 15) is 9.59 Å². The normalized spacial score (nSPS) is 20.8. The summed E-state index contributed by atoms with van der Waals surface area (Å²) in [6.07, 6.45) is 3.20. The first-order valence-electron chi connectivity index (χ1n) is 8.13. The highest BCUT2D eigenvalue weighted by Crippen LogP contribution is 2.58. The molecule has 1 aromatic carbocycles. The standard InChI is InChI=1S/C17H22ClN3O2.ClH/c18-13-3-1-12(2-4-13)15(22)20-9-10-21-16(23)14-11-17(14)5-7-19-8-6-17;/h1-4,14,19H,5-11H2,(H,20,22)(H,21,23);1H. The van der Waals surface area contributed by atoms with Gasteiger partial charge in [0.1, 0.15) is 0 Å². The molecule has 0 radical (unpaired) electrons. The first-order valence-corrected chi connectivity index (χ1v) is 8.51. The molecule has 7 heteroatoms. The Balaban J connectivity index is 0.00000208. The van der Waals surface area contributed by atoms with Gasteiger partial charge in [-0.3, -0.25) is 9.59 Å². The minimum Gasteiger partial charge on any atom is -0.354 e. The maximum Gasteiger partial charge on any atom is 0.251 e. The van der Waals surface area contributed by atoms with E-state index in [1.165, 1.54) is 0 Å². The summed E-state index contributed by atoms with van der Waals surface area (Å²) >= 11 is 5.79. The Morgan fingerprint density at radius 1 is 1.12 bits per heavy atom. The van der Waals surface area contributed by atoms with Crippen LogP contribution in [-0.2, 0) is 4.79 Å². The highest BCUT2D eigenvalue weighted by Gasteiger charge is 2.57. The van der Waals surface area contributed by atoms with Crippen LogP contribution in [0.1, 0.15) is 29.6 Å². The van der Waals surface area contributed by atoms with Gasteiger partial charge >= 0.3 is 0 Å². The van der Waals surface area contributed by atoms with Crippen LogP contribution in [0.25, 0.3) is 0 Å². The maximum atomic E-state index is 12.2. The lowest BCUT2D eigenvalue weighted by Gasteiger charge is -2.23. The molecule has 2 aliphatic rings. The Bertz CT molecular complexity index is 586. The van der Waals surface area contributed by atoms with E-state index >= 15 is 0 Å². The molecule has 1 atom stereocenters. The number of benzene rings is 1. The van der Waals surface area contributed by atoms with Gasteiger partial charge in [0, 0.05) is 29.6 Å². The molecule has 1 saturated heterocycles. The van der Waals surface area contributed by atoms with Crippen LogP contribution in [-0.4, -0.2) is 38.0 Å². The molecule has 2 amide bonds. The lowest BCUT2D eigenvalue weighted by Crippen LogP contribution is -2.37. The minimum atomic E-state index is -0.155. The number of halogens is 2.